The van der Waals surface area contributed by atoms with E-state index in [1.165, 1.54) is 21.2 Å². The van der Waals surface area contributed by atoms with Gasteiger partial charge >= 0.3 is 0 Å². The molecule has 0 bridgehead atoms. The highest BCUT2D eigenvalue weighted by molar-refractivity contribution is 8.26. The maximum Gasteiger partial charge on any atom is 0.270 e. The number of piperazine rings is 1. The number of benzene rings is 1. The molecule has 0 radical (unpaired) electrons. The smallest absolute Gasteiger partial charge is 0.270 e. The number of nitriles is 1. The number of amides is 1. The number of para-hydroxylation sites is 1. The molecule has 2 aromatic heterocycles. The summed E-state index contributed by atoms with van der Waals surface area (Å²) in [6.07, 6.45) is 3.33. The lowest BCUT2D eigenvalue weighted by Crippen LogP contribution is -2.48. The molecule has 37 heavy (non-hydrogen) atoms. The van der Waals surface area contributed by atoms with E-state index >= 15 is 0 Å². The summed E-state index contributed by atoms with van der Waals surface area (Å²) in [5, 5.41) is 9.73. The Morgan fingerprint density at radius 3 is 2.43 bits per heavy atom. The monoisotopic (exact) mass is 531 g/mol. The molecule has 5 rings (SSSR count). The van der Waals surface area contributed by atoms with Gasteiger partial charge in [0.15, 0.2) is 0 Å². The summed E-state index contributed by atoms with van der Waals surface area (Å²) >= 11 is 6.71. The molecule has 4 heterocycles. The average Bonchev–Trinajstić information content (AvgIpc) is 3.52. The number of furan rings is 1. The summed E-state index contributed by atoms with van der Waals surface area (Å²) in [6, 6.07) is 15.8. The highest BCUT2D eigenvalue weighted by Gasteiger charge is 2.34. The van der Waals surface area contributed by atoms with Crippen molar-refractivity contribution in [3.63, 3.8) is 0 Å². The molecule has 0 unspecified atom stereocenters. The fourth-order valence-electron chi connectivity index (χ4n) is 4.74. The van der Waals surface area contributed by atoms with Gasteiger partial charge in [-0.1, -0.05) is 42.2 Å². The number of pyridine rings is 1. The van der Waals surface area contributed by atoms with Crippen LogP contribution in [0, 0.1) is 18.3 Å². The Balaban J connectivity index is 1.50. The van der Waals surface area contributed by atoms with E-state index in [0.29, 0.717) is 45.0 Å². The van der Waals surface area contributed by atoms with Crippen LogP contribution in [-0.4, -0.2) is 45.9 Å². The van der Waals surface area contributed by atoms with Crippen molar-refractivity contribution in [2.24, 2.45) is 7.05 Å². The van der Waals surface area contributed by atoms with Gasteiger partial charge < -0.3 is 14.2 Å². The minimum Gasteiger partial charge on any atom is -0.467 e. The van der Waals surface area contributed by atoms with Crippen LogP contribution in [0.25, 0.3) is 6.08 Å². The molecule has 188 valence electrons. The normalized spacial score (nSPS) is 17.1. The number of aromatic nitrogens is 1. The molecular formula is C27H25N5O3S2. The highest BCUT2D eigenvalue weighted by Crippen LogP contribution is 2.36. The van der Waals surface area contributed by atoms with E-state index in [0.717, 1.165) is 18.8 Å². The lowest BCUT2D eigenvalue weighted by molar-refractivity contribution is -0.122. The van der Waals surface area contributed by atoms with E-state index in [-0.39, 0.29) is 23.6 Å². The highest BCUT2D eigenvalue weighted by atomic mass is 32.2. The molecule has 2 aliphatic rings. The molecule has 0 aliphatic carbocycles. The molecule has 2 aliphatic heterocycles. The molecule has 2 fully saturated rings. The molecule has 3 aromatic rings. The van der Waals surface area contributed by atoms with Crippen LogP contribution in [-0.2, 0) is 18.4 Å². The van der Waals surface area contributed by atoms with Gasteiger partial charge in [-0.15, -0.1) is 0 Å². The second-order valence-electron chi connectivity index (χ2n) is 8.87. The quantitative estimate of drug-likeness (QED) is 0.362. The first-order chi connectivity index (χ1) is 17.9. The Morgan fingerprint density at radius 2 is 1.78 bits per heavy atom. The molecule has 0 N–H and O–H groups in total. The van der Waals surface area contributed by atoms with E-state index < -0.39 is 0 Å². The number of thioether (sulfide) groups is 1. The number of anilines is 2. The number of carbonyl (C=O) groups excluding carboxylic acids is 1. The zero-order valence-electron chi connectivity index (χ0n) is 20.5. The first kappa shape index (κ1) is 24.9. The van der Waals surface area contributed by atoms with Crippen LogP contribution in [0.4, 0.5) is 11.5 Å². The van der Waals surface area contributed by atoms with E-state index in [2.05, 4.69) is 28.0 Å². The summed E-state index contributed by atoms with van der Waals surface area (Å²) in [4.78, 5) is 32.8. The predicted molar refractivity (Wildman–Crippen MR) is 149 cm³/mol. The number of hydrogen-bond acceptors (Lipinski definition) is 8. The Bertz CT molecular complexity index is 1480. The van der Waals surface area contributed by atoms with Gasteiger partial charge in [-0.3, -0.25) is 19.1 Å². The van der Waals surface area contributed by atoms with Crippen LogP contribution in [0.5, 0.6) is 0 Å². The predicted octanol–water partition coefficient (Wildman–Crippen LogP) is 3.89. The van der Waals surface area contributed by atoms with Crippen molar-refractivity contribution >= 4 is 51.8 Å². The van der Waals surface area contributed by atoms with Gasteiger partial charge in [-0.25, -0.2) is 0 Å². The van der Waals surface area contributed by atoms with Crippen molar-refractivity contribution < 1.29 is 9.21 Å². The van der Waals surface area contributed by atoms with Gasteiger partial charge in [0.1, 0.15) is 27.5 Å². The van der Waals surface area contributed by atoms with E-state index in [9.17, 15) is 14.9 Å². The third-order valence-electron chi connectivity index (χ3n) is 6.71. The second-order valence-corrected chi connectivity index (χ2v) is 10.5. The Labute approximate surface area is 224 Å². The van der Waals surface area contributed by atoms with Gasteiger partial charge in [0.2, 0.25) is 0 Å². The second kappa shape index (κ2) is 10.3. The van der Waals surface area contributed by atoms with E-state index in [1.807, 2.05) is 18.2 Å². The van der Waals surface area contributed by atoms with Crippen molar-refractivity contribution in [3.8, 4) is 6.07 Å². The molecule has 0 spiro atoms. The third-order valence-corrected chi connectivity index (χ3v) is 8.09. The number of nitrogens with zero attached hydrogens (tertiary/aromatic N) is 5. The first-order valence-electron chi connectivity index (χ1n) is 11.9. The van der Waals surface area contributed by atoms with Crippen LogP contribution < -0.4 is 15.4 Å². The zero-order valence-corrected chi connectivity index (χ0v) is 22.1. The van der Waals surface area contributed by atoms with Crippen LogP contribution in [0.3, 0.4) is 0 Å². The molecule has 0 atom stereocenters. The standard InChI is InChI=1S/C27H25N5O3S2/c1-18-21(15-23-26(34)32(27(36)37-23)17-20-9-6-14-35-20)24(29(2)25(33)22(18)16-28)31-12-10-30(11-13-31)19-7-4-3-5-8-19/h3-9,14-15H,10-13,17H2,1-2H3/b23-15-. The topological polar surface area (TPSA) is 85.7 Å². The molecule has 8 nitrogen and oxygen atoms in total. The number of carbonyl (C=O) groups is 1. The lowest BCUT2D eigenvalue weighted by Gasteiger charge is -2.38. The summed E-state index contributed by atoms with van der Waals surface area (Å²) in [5.41, 5.74) is 2.13. The largest absolute Gasteiger partial charge is 0.467 e. The minimum atomic E-state index is -0.344. The van der Waals surface area contributed by atoms with Crippen LogP contribution in [0.1, 0.15) is 22.5 Å². The fraction of sp³-hybridized carbons (Fsp3) is 0.259. The lowest BCUT2D eigenvalue weighted by atomic mass is 10.0. The molecular weight excluding hydrogens is 506 g/mol. The van der Waals surface area contributed by atoms with Gasteiger partial charge in [0.25, 0.3) is 11.5 Å². The maximum atomic E-state index is 13.3. The fourth-order valence-corrected chi connectivity index (χ4v) is 5.97. The number of thiocarbonyl (C=S) groups is 1. The summed E-state index contributed by atoms with van der Waals surface area (Å²) in [7, 11) is 1.68. The molecule has 1 amide bonds. The van der Waals surface area contributed by atoms with Crippen molar-refractivity contribution in [2.75, 3.05) is 36.0 Å². The SMILES string of the molecule is Cc1c(/C=C2\SC(=S)N(Cc3ccco3)C2=O)c(N2CCN(c3ccccc3)CC2)n(C)c(=O)c1C#N. The molecule has 2 saturated heterocycles. The minimum absolute atomic E-state index is 0.0754. The van der Waals surface area contributed by atoms with E-state index in [4.69, 9.17) is 16.6 Å². The Morgan fingerprint density at radius 1 is 1.08 bits per heavy atom. The summed E-state index contributed by atoms with van der Waals surface area (Å²) in [6.45, 7) is 4.95. The van der Waals surface area contributed by atoms with Crippen molar-refractivity contribution in [2.45, 2.75) is 13.5 Å². The van der Waals surface area contributed by atoms with Gasteiger partial charge in [0.05, 0.1) is 17.7 Å². The molecule has 10 heteroatoms. The van der Waals surface area contributed by atoms with Crippen LogP contribution in [0.15, 0.2) is 62.8 Å². The van der Waals surface area contributed by atoms with Crippen molar-refractivity contribution in [1.82, 2.24) is 9.47 Å². The molecule has 0 saturated carbocycles. The van der Waals surface area contributed by atoms with Crippen molar-refractivity contribution in [3.05, 3.63) is 86.4 Å². The summed E-state index contributed by atoms with van der Waals surface area (Å²) < 4.78 is 7.36. The zero-order chi connectivity index (χ0) is 26.1. The van der Waals surface area contributed by atoms with Crippen LogP contribution in [0.2, 0.25) is 0 Å². The summed E-state index contributed by atoms with van der Waals surface area (Å²) in [5.74, 6) is 1.11. The third kappa shape index (κ3) is 4.68. The maximum absolute atomic E-state index is 13.3. The Hall–Kier alpha value is -3.81. The first-order valence-corrected chi connectivity index (χ1v) is 13.1. The van der Waals surface area contributed by atoms with E-state index in [1.54, 1.807) is 38.4 Å². The van der Waals surface area contributed by atoms with Gasteiger partial charge in [0, 0.05) is 44.5 Å². The number of rotatable bonds is 5. The Kier molecular flexibility index (Phi) is 6.91. The van der Waals surface area contributed by atoms with Gasteiger partial charge in [-0.2, -0.15) is 5.26 Å². The van der Waals surface area contributed by atoms with Gasteiger partial charge in [-0.05, 0) is 42.8 Å². The van der Waals surface area contributed by atoms with Crippen molar-refractivity contribution in [1.29, 1.82) is 5.26 Å². The number of hydrogen-bond donors (Lipinski definition) is 0. The average molecular weight is 532 g/mol. The van der Waals surface area contributed by atoms with Crippen LogP contribution >= 0.6 is 24.0 Å². The molecule has 1 aromatic carbocycles.